The van der Waals surface area contributed by atoms with Crippen LogP contribution in [0.25, 0.3) is 0 Å². The van der Waals surface area contributed by atoms with Crippen LogP contribution in [0.15, 0.2) is 29.1 Å². The largest absolute Gasteiger partial charge is 0.340 e. The van der Waals surface area contributed by atoms with Crippen molar-refractivity contribution >= 4 is 39.6 Å². The number of hydrogen-bond donors (Lipinski definition) is 2. The molecule has 0 aliphatic carbocycles. The standard InChI is InChI=1S/C14H17N3O2S2/c1-9(2)8-10(12(18)17-14-15-5-7-21-14)16-13(19)11-4-3-6-20-11/h3-7,9-10H,8H2,1-2H3,(H,16,19)(H,15,17,18). The summed E-state index contributed by atoms with van der Waals surface area (Å²) in [6.07, 6.45) is 2.20. The lowest BCUT2D eigenvalue weighted by Gasteiger charge is -2.19. The maximum Gasteiger partial charge on any atom is 0.261 e. The number of hydrogen-bond acceptors (Lipinski definition) is 5. The van der Waals surface area contributed by atoms with E-state index >= 15 is 0 Å². The Kier molecular flexibility index (Phi) is 5.46. The Labute approximate surface area is 131 Å². The number of anilines is 1. The number of nitrogens with one attached hydrogen (secondary N) is 2. The third-order valence-corrected chi connectivity index (χ3v) is 4.29. The Balaban J connectivity index is 2.03. The van der Waals surface area contributed by atoms with E-state index in [4.69, 9.17) is 0 Å². The third kappa shape index (κ3) is 4.64. The molecule has 0 bridgehead atoms. The molecule has 0 saturated carbocycles. The molecule has 0 aliphatic heterocycles. The number of nitrogens with zero attached hydrogens (tertiary/aromatic N) is 1. The molecule has 21 heavy (non-hydrogen) atoms. The first kappa shape index (κ1) is 15.7. The van der Waals surface area contributed by atoms with Gasteiger partial charge in [0.15, 0.2) is 5.13 Å². The Bertz CT molecular complexity index is 579. The van der Waals surface area contributed by atoms with E-state index in [0.29, 0.717) is 22.3 Å². The van der Waals surface area contributed by atoms with Gasteiger partial charge in [-0.2, -0.15) is 0 Å². The van der Waals surface area contributed by atoms with Crippen molar-refractivity contribution in [3.05, 3.63) is 34.0 Å². The average Bonchev–Trinajstić information content (AvgIpc) is 3.10. The molecular weight excluding hydrogens is 306 g/mol. The number of thiazole rings is 1. The fourth-order valence-electron chi connectivity index (χ4n) is 1.82. The van der Waals surface area contributed by atoms with Gasteiger partial charge in [-0.15, -0.1) is 22.7 Å². The van der Waals surface area contributed by atoms with E-state index in [1.807, 2.05) is 25.3 Å². The summed E-state index contributed by atoms with van der Waals surface area (Å²) in [7, 11) is 0. The van der Waals surface area contributed by atoms with Crippen molar-refractivity contribution in [3.8, 4) is 0 Å². The quantitative estimate of drug-likeness (QED) is 0.858. The maximum atomic E-state index is 12.3. The molecular formula is C14H17N3O2S2. The number of thiophene rings is 1. The van der Waals surface area contributed by atoms with Crippen LogP contribution in [-0.2, 0) is 4.79 Å². The van der Waals surface area contributed by atoms with Crippen molar-refractivity contribution in [2.24, 2.45) is 5.92 Å². The van der Waals surface area contributed by atoms with Gasteiger partial charge in [0.05, 0.1) is 4.88 Å². The molecule has 0 aromatic carbocycles. The molecule has 7 heteroatoms. The molecule has 112 valence electrons. The van der Waals surface area contributed by atoms with E-state index in [2.05, 4.69) is 15.6 Å². The van der Waals surface area contributed by atoms with E-state index in [9.17, 15) is 9.59 Å². The number of carbonyl (C=O) groups is 2. The van der Waals surface area contributed by atoms with Gasteiger partial charge in [0, 0.05) is 11.6 Å². The minimum Gasteiger partial charge on any atom is -0.340 e. The Morgan fingerprint density at radius 2 is 2.10 bits per heavy atom. The Morgan fingerprint density at radius 1 is 1.29 bits per heavy atom. The summed E-state index contributed by atoms with van der Waals surface area (Å²) in [4.78, 5) is 29.0. The monoisotopic (exact) mass is 323 g/mol. The zero-order chi connectivity index (χ0) is 15.2. The summed E-state index contributed by atoms with van der Waals surface area (Å²) in [5.74, 6) is -0.158. The van der Waals surface area contributed by atoms with E-state index in [1.54, 1.807) is 17.6 Å². The zero-order valence-corrected chi connectivity index (χ0v) is 13.5. The first-order chi connectivity index (χ1) is 10.1. The van der Waals surface area contributed by atoms with Gasteiger partial charge in [-0.3, -0.25) is 9.59 Å². The van der Waals surface area contributed by atoms with Crippen molar-refractivity contribution in [2.75, 3.05) is 5.32 Å². The number of carbonyl (C=O) groups excluding carboxylic acids is 2. The molecule has 0 radical (unpaired) electrons. The Hall–Kier alpha value is -1.73. The molecule has 0 saturated heterocycles. The fraction of sp³-hybridized carbons (Fsp3) is 0.357. The fourth-order valence-corrected chi connectivity index (χ4v) is 2.98. The second kappa shape index (κ2) is 7.33. The van der Waals surface area contributed by atoms with Gasteiger partial charge in [0.2, 0.25) is 5.91 Å². The molecule has 1 atom stereocenters. The lowest BCUT2D eigenvalue weighted by Crippen LogP contribution is -2.44. The molecule has 2 rings (SSSR count). The van der Waals surface area contributed by atoms with Crippen LogP contribution >= 0.6 is 22.7 Å². The molecule has 2 heterocycles. The first-order valence-corrected chi connectivity index (χ1v) is 8.37. The second-order valence-electron chi connectivity index (χ2n) is 4.96. The minimum atomic E-state index is -0.566. The van der Waals surface area contributed by atoms with Gasteiger partial charge < -0.3 is 10.6 Å². The highest BCUT2D eigenvalue weighted by molar-refractivity contribution is 7.13. The minimum absolute atomic E-state index is 0.218. The lowest BCUT2D eigenvalue weighted by atomic mass is 10.0. The van der Waals surface area contributed by atoms with Gasteiger partial charge in [-0.05, 0) is 23.8 Å². The van der Waals surface area contributed by atoms with Crippen molar-refractivity contribution in [2.45, 2.75) is 26.3 Å². The van der Waals surface area contributed by atoms with E-state index in [0.717, 1.165) is 0 Å². The van der Waals surface area contributed by atoms with Crippen LogP contribution in [0.5, 0.6) is 0 Å². The van der Waals surface area contributed by atoms with Gasteiger partial charge in [-0.1, -0.05) is 19.9 Å². The van der Waals surface area contributed by atoms with Gasteiger partial charge >= 0.3 is 0 Å². The van der Waals surface area contributed by atoms with E-state index in [1.165, 1.54) is 22.7 Å². The van der Waals surface area contributed by atoms with Crippen molar-refractivity contribution in [3.63, 3.8) is 0 Å². The van der Waals surface area contributed by atoms with E-state index in [-0.39, 0.29) is 11.8 Å². The molecule has 0 aliphatic rings. The number of rotatable bonds is 6. The molecule has 0 fully saturated rings. The van der Waals surface area contributed by atoms with Crippen molar-refractivity contribution in [1.82, 2.24) is 10.3 Å². The SMILES string of the molecule is CC(C)CC(NC(=O)c1cccs1)C(=O)Nc1nccs1. The molecule has 2 aromatic rings. The molecule has 2 N–H and O–H groups in total. The highest BCUT2D eigenvalue weighted by Crippen LogP contribution is 2.14. The molecule has 2 aromatic heterocycles. The van der Waals surface area contributed by atoms with Crippen LogP contribution in [0.4, 0.5) is 5.13 Å². The van der Waals surface area contributed by atoms with Gasteiger partial charge in [0.1, 0.15) is 6.04 Å². The summed E-state index contributed by atoms with van der Waals surface area (Å²) in [5, 5.41) is 9.70. The van der Waals surface area contributed by atoms with Crippen molar-refractivity contribution in [1.29, 1.82) is 0 Å². The van der Waals surface area contributed by atoms with Crippen LogP contribution < -0.4 is 10.6 Å². The molecule has 0 spiro atoms. The van der Waals surface area contributed by atoms with Crippen LogP contribution in [-0.4, -0.2) is 22.8 Å². The average molecular weight is 323 g/mol. The molecule has 5 nitrogen and oxygen atoms in total. The van der Waals surface area contributed by atoms with Crippen LogP contribution in [0.1, 0.15) is 29.9 Å². The maximum absolute atomic E-state index is 12.3. The summed E-state index contributed by atoms with van der Waals surface area (Å²) in [6.45, 7) is 4.03. The molecule has 1 unspecified atom stereocenters. The van der Waals surface area contributed by atoms with Gasteiger partial charge in [0.25, 0.3) is 5.91 Å². The predicted octanol–water partition coefficient (Wildman–Crippen LogP) is 2.99. The smallest absolute Gasteiger partial charge is 0.261 e. The Morgan fingerprint density at radius 3 is 2.67 bits per heavy atom. The number of amides is 2. The van der Waals surface area contributed by atoms with Crippen LogP contribution in [0.2, 0.25) is 0 Å². The van der Waals surface area contributed by atoms with Gasteiger partial charge in [-0.25, -0.2) is 4.98 Å². The summed E-state index contributed by atoms with van der Waals surface area (Å²) < 4.78 is 0. The second-order valence-corrected chi connectivity index (χ2v) is 6.80. The lowest BCUT2D eigenvalue weighted by molar-refractivity contribution is -0.118. The van der Waals surface area contributed by atoms with Crippen molar-refractivity contribution < 1.29 is 9.59 Å². The third-order valence-electron chi connectivity index (χ3n) is 2.74. The first-order valence-electron chi connectivity index (χ1n) is 6.61. The predicted molar refractivity (Wildman–Crippen MR) is 85.8 cm³/mol. The molecule has 2 amide bonds. The highest BCUT2D eigenvalue weighted by atomic mass is 32.1. The van der Waals surface area contributed by atoms with E-state index < -0.39 is 6.04 Å². The number of aromatic nitrogens is 1. The summed E-state index contributed by atoms with van der Waals surface area (Å²) >= 11 is 2.71. The van der Waals surface area contributed by atoms with Crippen LogP contribution in [0.3, 0.4) is 0 Å². The van der Waals surface area contributed by atoms with Crippen LogP contribution in [0, 0.1) is 5.92 Å². The normalized spacial score (nSPS) is 12.1. The summed E-state index contributed by atoms with van der Waals surface area (Å²) in [5.41, 5.74) is 0. The highest BCUT2D eigenvalue weighted by Gasteiger charge is 2.23. The zero-order valence-electron chi connectivity index (χ0n) is 11.8. The summed E-state index contributed by atoms with van der Waals surface area (Å²) in [6, 6.07) is 2.99. The topological polar surface area (TPSA) is 71.1 Å².